The summed E-state index contributed by atoms with van der Waals surface area (Å²) in [5, 5.41) is 6.50. The number of ether oxygens (including phenoxy) is 2. The number of aryl methyl sites for hydroxylation is 1. The van der Waals surface area contributed by atoms with Crippen LogP contribution in [0.25, 0.3) is 0 Å². The van der Waals surface area contributed by atoms with Crippen molar-refractivity contribution < 1.29 is 19.1 Å². The smallest absolute Gasteiger partial charge is 0.432 e. The lowest BCUT2D eigenvalue weighted by atomic mass is 10.2. The molecule has 0 aliphatic heterocycles. The fourth-order valence-corrected chi connectivity index (χ4v) is 1.27. The van der Waals surface area contributed by atoms with Gasteiger partial charge < -0.3 is 14.8 Å². The molecule has 19 heavy (non-hydrogen) atoms. The molecule has 1 aromatic heterocycles. The third-order valence-corrected chi connectivity index (χ3v) is 2.05. The molecule has 0 unspecified atom stereocenters. The average Bonchev–Trinajstić information content (AvgIpc) is 2.68. The predicted molar refractivity (Wildman–Crippen MR) is 67.7 cm³/mol. The first-order valence-electron chi connectivity index (χ1n) is 5.91. The molecule has 106 valence electrons. The van der Waals surface area contributed by atoms with Crippen molar-refractivity contribution in [3.63, 3.8) is 0 Å². The number of nitrogens with zero attached hydrogens (tertiary/aromatic N) is 2. The molecule has 0 spiro atoms. The van der Waals surface area contributed by atoms with E-state index in [1.807, 2.05) is 0 Å². The summed E-state index contributed by atoms with van der Waals surface area (Å²) in [6.45, 7) is 5.51. The van der Waals surface area contributed by atoms with Crippen LogP contribution in [0.1, 0.15) is 31.3 Å². The predicted octanol–water partition coefficient (Wildman–Crippen LogP) is 1.10. The normalized spacial score (nSPS) is 10.9. The Bertz CT molecular complexity index is 448. The summed E-state index contributed by atoms with van der Waals surface area (Å²) in [4.78, 5) is 22.9. The van der Waals surface area contributed by atoms with E-state index in [1.165, 1.54) is 10.9 Å². The van der Waals surface area contributed by atoms with E-state index in [2.05, 4.69) is 10.4 Å². The summed E-state index contributed by atoms with van der Waals surface area (Å²) >= 11 is 0. The maximum absolute atomic E-state index is 11.7. The Hall–Kier alpha value is -2.05. The van der Waals surface area contributed by atoms with Gasteiger partial charge in [-0.05, 0) is 26.8 Å². The van der Waals surface area contributed by atoms with Gasteiger partial charge in [-0.1, -0.05) is 0 Å². The van der Waals surface area contributed by atoms with Crippen molar-refractivity contribution in [2.75, 3.05) is 13.2 Å². The zero-order valence-electron chi connectivity index (χ0n) is 11.6. The zero-order chi connectivity index (χ0) is 14.5. The highest BCUT2D eigenvalue weighted by Crippen LogP contribution is 2.07. The molecule has 0 saturated carbocycles. The van der Waals surface area contributed by atoms with Crippen molar-refractivity contribution in [2.24, 2.45) is 7.05 Å². The summed E-state index contributed by atoms with van der Waals surface area (Å²) in [5.74, 6) is -0.271. The zero-order valence-corrected chi connectivity index (χ0v) is 11.6. The topological polar surface area (TPSA) is 82.5 Å². The Balaban J connectivity index is 2.23. The summed E-state index contributed by atoms with van der Waals surface area (Å²) in [6.07, 6.45) is 0.786. The van der Waals surface area contributed by atoms with Crippen LogP contribution in [0, 0.1) is 0 Å². The van der Waals surface area contributed by atoms with Crippen LogP contribution < -0.4 is 5.32 Å². The van der Waals surface area contributed by atoms with Crippen molar-refractivity contribution in [3.05, 3.63) is 18.0 Å². The molecule has 0 saturated heterocycles. The van der Waals surface area contributed by atoms with Gasteiger partial charge in [0.05, 0.1) is 6.54 Å². The summed E-state index contributed by atoms with van der Waals surface area (Å²) in [5.41, 5.74) is -0.146. The molecule has 0 radical (unpaired) electrons. The lowest BCUT2D eigenvalue weighted by molar-refractivity contribution is -0.00663. The number of amides is 1. The number of nitrogens with one attached hydrogen (secondary N) is 1. The average molecular weight is 269 g/mol. The van der Waals surface area contributed by atoms with Gasteiger partial charge in [-0.3, -0.25) is 9.48 Å². The molecular weight excluding hydrogens is 250 g/mol. The Kier molecular flexibility index (Phi) is 4.91. The van der Waals surface area contributed by atoms with E-state index < -0.39 is 11.8 Å². The van der Waals surface area contributed by atoms with E-state index in [0.717, 1.165) is 0 Å². The van der Waals surface area contributed by atoms with Crippen molar-refractivity contribution in [3.8, 4) is 0 Å². The molecule has 0 bridgehead atoms. The van der Waals surface area contributed by atoms with Crippen LogP contribution in [0.3, 0.4) is 0 Å². The molecule has 7 heteroatoms. The van der Waals surface area contributed by atoms with Gasteiger partial charge in [-0.15, -0.1) is 0 Å². The second-order valence-corrected chi connectivity index (χ2v) is 4.91. The molecular formula is C12H19N3O4. The lowest BCUT2D eigenvalue weighted by Crippen LogP contribution is -2.31. The Morgan fingerprint density at radius 2 is 2.11 bits per heavy atom. The monoisotopic (exact) mass is 269 g/mol. The minimum atomic E-state index is -0.748. The molecule has 1 amide bonds. The van der Waals surface area contributed by atoms with Gasteiger partial charge in [-0.25, -0.2) is 4.79 Å². The van der Waals surface area contributed by atoms with Crippen molar-refractivity contribution in [1.82, 2.24) is 15.1 Å². The maximum Gasteiger partial charge on any atom is 0.508 e. The number of rotatable bonds is 4. The van der Waals surface area contributed by atoms with E-state index in [4.69, 9.17) is 9.47 Å². The van der Waals surface area contributed by atoms with E-state index in [0.29, 0.717) is 5.69 Å². The highest BCUT2D eigenvalue weighted by atomic mass is 16.7. The number of carbonyl (C=O) groups is 2. The first kappa shape index (κ1) is 15.0. The maximum atomic E-state index is 11.7. The number of carbonyl (C=O) groups excluding carboxylic acids is 2. The van der Waals surface area contributed by atoms with Gasteiger partial charge in [0.2, 0.25) is 0 Å². The minimum Gasteiger partial charge on any atom is -0.432 e. The second-order valence-electron chi connectivity index (χ2n) is 4.91. The fraction of sp³-hybridized carbons (Fsp3) is 0.583. The highest BCUT2D eigenvalue weighted by Gasteiger charge is 2.17. The van der Waals surface area contributed by atoms with Crippen LogP contribution in [0.4, 0.5) is 4.79 Å². The molecule has 1 heterocycles. The molecule has 0 aromatic carbocycles. The Morgan fingerprint density at radius 1 is 1.42 bits per heavy atom. The first-order chi connectivity index (χ1) is 8.79. The quantitative estimate of drug-likeness (QED) is 0.653. The van der Waals surface area contributed by atoms with Crippen molar-refractivity contribution in [1.29, 1.82) is 0 Å². The van der Waals surface area contributed by atoms with Gasteiger partial charge in [0.25, 0.3) is 5.91 Å². The molecule has 1 N–H and O–H groups in total. The third kappa shape index (κ3) is 5.41. The SMILES string of the molecule is Cn1nccc1C(=O)NCCOC(=O)OC(C)(C)C. The van der Waals surface area contributed by atoms with E-state index in [1.54, 1.807) is 33.9 Å². The van der Waals surface area contributed by atoms with E-state index in [-0.39, 0.29) is 19.1 Å². The second kappa shape index (κ2) is 6.21. The minimum absolute atomic E-state index is 0.0541. The van der Waals surface area contributed by atoms with E-state index in [9.17, 15) is 9.59 Å². The molecule has 7 nitrogen and oxygen atoms in total. The van der Waals surface area contributed by atoms with Gasteiger partial charge in [0.1, 0.15) is 17.9 Å². The largest absolute Gasteiger partial charge is 0.508 e. The van der Waals surface area contributed by atoms with Crippen molar-refractivity contribution >= 4 is 12.1 Å². The summed E-state index contributed by atoms with van der Waals surface area (Å²) in [6, 6.07) is 1.60. The molecule has 0 fully saturated rings. The van der Waals surface area contributed by atoms with Gasteiger partial charge in [-0.2, -0.15) is 5.10 Å². The first-order valence-corrected chi connectivity index (χ1v) is 5.91. The van der Waals surface area contributed by atoms with Crippen LogP contribution in [0.5, 0.6) is 0 Å². The molecule has 0 aliphatic rings. The van der Waals surface area contributed by atoms with Crippen LogP contribution in [0.2, 0.25) is 0 Å². The highest BCUT2D eigenvalue weighted by molar-refractivity contribution is 5.92. The molecule has 0 aliphatic carbocycles. The van der Waals surface area contributed by atoms with E-state index >= 15 is 0 Å². The molecule has 1 aromatic rings. The standard InChI is InChI=1S/C12H19N3O4/c1-12(2,3)19-11(17)18-8-7-13-10(16)9-5-6-14-15(9)4/h5-6H,7-8H2,1-4H3,(H,13,16). The van der Waals surface area contributed by atoms with Gasteiger partial charge >= 0.3 is 6.16 Å². The lowest BCUT2D eigenvalue weighted by Gasteiger charge is -2.18. The van der Waals surface area contributed by atoms with Crippen LogP contribution in [-0.2, 0) is 16.5 Å². The van der Waals surface area contributed by atoms with Gasteiger partial charge in [0, 0.05) is 13.2 Å². The molecule has 0 atom stereocenters. The Labute approximate surface area is 111 Å². The summed E-state index contributed by atoms with van der Waals surface area (Å²) in [7, 11) is 1.67. The number of aromatic nitrogens is 2. The Morgan fingerprint density at radius 3 is 2.63 bits per heavy atom. The summed E-state index contributed by atoms with van der Waals surface area (Å²) < 4.78 is 11.2. The van der Waals surface area contributed by atoms with Crippen LogP contribution >= 0.6 is 0 Å². The number of hydrogen-bond donors (Lipinski definition) is 1. The molecule has 1 rings (SSSR count). The van der Waals surface area contributed by atoms with Crippen LogP contribution in [-0.4, -0.2) is 40.6 Å². The fourth-order valence-electron chi connectivity index (χ4n) is 1.27. The number of hydrogen-bond acceptors (Lipinski definition) is 5. The third-order valence-electron chi connectivity index (χ3n) is 2.05. The van der Waals surface area contributed by atoms with Crippen LogP contribution in [0.15, 0.2) is 12.3 Å². The van der Waals surface area contributed by atoms with Crippen molar-refractivity contribution in [2.45, 2.75) is 26.4 Å². The van der Waals surface area contributed by atoms with Gasteiger partial charge in [0.15, 0.2) is 0 Å².